The highest BCUT2D eigenvalue weighted by Gasteiger charge is 2.24. The summed E-state index contributed by atoms with van der Waals surface area (Å²) in [6.07, 6.45) is 10.1. The lowest BCUT2D eigenvalue weighted by Gasteiger charge is -2.33. The summed E-state index contributed by atoms with van der Waals surface area (Å²) in [6.45, 7) is 0.683. The molecule has 1 N–H and O–H groups in total. The number of urea groups is 1. The van der Waals surface area contributed by atoms with E-state index in [9.17, 15) is 4.79 Å². The Hall–Kier alpha value is -0.990. The number of carbonyl (C=O) groups excluding carboxylic acids is 1. The van der Waals surface area contributed by atoms with Gasteiger partial charge in [-0.1, -0.05) is 19.3 Å². The zero-order valence-electron chi connectivity index (χ0n) is 7.83. The van der Waals surface area contributed by atoms with Gasteiger partial charge in [-0.05, 0) is 18.9 Å². The van der Waals surface area contributed by atoms with Gasteiger partial charge in [0, 0.05) is 18.8 Å². The Balaban J connectivity index is 2.00. The van der Waals surface area contributed by atoms with E-state index in [1.807, 2.05) is 17.2 Å². The first-order chi connectivity index (χ1) is 6.38. The maximum absolute atomic E-state index is 11.5. The molecule has 0 atom stereocenters. The summed E-state index contributed by atoms with van der Waals surface area (Å²) in [7, 11) is 0. The highest BCUT2D eigenvalue weighted by molar-refractivity contribution is 5.76. The van der Waals surface area contributed by atoms with Crippen LogP contribution in [0.25, 0.3) is 0 Å². The number of amides is 2. The number of carbonyl (C=O) groups is 1. The van der Waals surface area contributed by atoms with Crippen molar-refractivity contribution in [3.05, 3.63) is 12.3 Å². The minimum atomic E-state index is 0.0781. The molecule has 0 radical (unpaired) electrons. The first kappa shape index (κ1) is 8.60. The van der Waals surface area contributed by atoms with E-state index in [0.29, 0.717) is 12.6 Å². The van der Waals surface area contributed by atoms with Crippen LogP contribution in [0.4, 0.5) is 4.79 Å². The normalized spacial score (nSPS) is 24.6. The Kier molecular flexibility index (Phi) is 2.52. The van der Waals surface area contributed by atoms with Crippen molar-refractivity contribution in [2.45, 2.75) is 38.1 Å². The summed E-state index contributed by atoms with van der Waals surface area (Å²) >= 11 is 0. The molecule has 0 bridgehead atoms. The summed E-state index contributed by atoms with van der Waals surface area (Å²) in [4.78, 5) is 13.3. The van der Waals surface area contributed by atoms with Crippen molar-refractivity contribution in [1.82, 2.24) is 10.2 Å². The van der Waals surface area contributed by atoms with E-state index in [0.717, 1.165) is 12.8 Å². The lowest BCUT2D eigenvalue weighted by atomic mass is 9.94. The average molecular weight is 180 g/mol. The number of nitrogens with zero attached hydrogens (tertiary/aromatic N) is 1. The second-order valence-electron chi connectivity index (χ2n) is 3.77. The van der Waals surface area contributed by atoms with E-state index in [1.165, 1.54) is 19.3 Å². The van der Waals surface area contributed by atoms with E-state index in [4.69, 9.17) is 0 Å². The van der Waals surface area contributed by atoms with E-state index in [-0.39, 0.29) is 6.03 Å². The summed E-state index contributed by atoms with van der Waals surface area (Å²) in [5, 5.41) is 2.83. The fourth-order valence-corrected chi connectivity index (χ4v) is 2.12. The van der Waals surface area contributed by atoms with Gasteiger partial charge in [0.05, 0.1) is 0 Å². The van der Waals surface area contributed by atoms with Crippen molar-refractivity contribution in [3.8, 4) is 0 Å². The van der Waals surface area contributed by atoms with Crippen LogP contribution in [0.15, 0.2) is 12.3 Å². The fourth-order valence-electron chi connectivity index (χ4n) is 2.12. The number of nitrogens with one attached hydrogen (secondary N) is 1. The summed E-state index contributed by atoms with van der Waals surface area (Å²) < 4.78 is 0. The minimum absolute atomic E-state index is 0.0781. The molecule has 1 heterocycles. The number of hydrogen-bond donors (Lipinski definition) is 1. The van der Waals surface area contributed by atoms with E-state index < -0.39 is 0 Å². The van der Waals surface area contributed by atoms with Crippen molar-refractivity contribution >= 4 is 6.03 Å². The van der Waals surface area contributed by atoms with Crippen LogP contribution in [0.2, 0.25) is 0 Å². The Morgan fingerprint density at radius 3 is 2.77 bits per heavy atom. The van der Waals surface area contributed by atoms with Crippen molar-refractivity contribution in [2.24, 2.45) is 0 Å². The topological polar surface area (TPSA) is 32.3 Å². The number of hydrogen-bond acceptors (Lipinski definition) is 1. The minimum Gasteiger partial charge on any atom is -0.334 e. The lowest BCUT2D eigenvalue weighted by molar-refractivity contribution is 0.183. The predicted molar refractivity (Wildman–Crippen MR) is 51.3 cm³/mol. The van der Waals surface area contributed by atoms with Crippen LogP contribution in [0.3, 0.4) is 0 Å². The monoisotopic (exact) mass is 180 g/mol. The Labute approximate surface area is 78.8 Å². The van der Waals surface area contributed by atoms with E-state index in [1.54, 1.807) is 0 Å². The fraction of sp³-hybridized carbons (Fsp3) is 0.700. The predicted octanol–water partition coefficient (Wildman–Crippen LogP) is 1.86. The molecule has 72 valence electrons. The molecule has 0 aromatic rings. The third-order valence-corrected chi connectivity index (χ3v) is 2.84. The van der Waals surface area contributed by atoms with Crippen LogP contribution < -0.4 is 5.32 Å². The molecule has 2 amide bonds. The molecule has 0 aromatic carbocycles. The molecule has 1 fully saturated rings. The highest BCUT2D eigenvalue weighted by Crippen LogP contribution is 2.23. The van der Waals surface area contributed by atoms with Crippen molar-refractivity contribution < 1.29 is 4.79 Å². The number of rotatable bonds is 1. The quantitative estimate of drug-likeness (QED) is 0.656. The standard InChI is InChI=1S/C10H16N2O/c13-10-11-7-4-8-12(10)9-5-2-1-3-6-9/h4,8-9H,1-3,5-7H2,(H,11,13). The van der Waals surface area contributed by atoms with Gasteiger partial charge in [-0.15, -0.1) is 0 Å². The van der Waals surface area contributed by atoms with Gasteiger partial charge in [-0.2, -0.15) is 0 Å². The van der Waals surface area contributed by atoms with Gasteiger partial charge in [0.15, 0.2) is 0 Å². The maximum atomic E-state index is 11.5. The largest absolute Gasteiger partial charge is 0.334 e. The zero-order chi connectivity index (χ0) is 9.10. The average Bonchev–Trinajstić information content (AvgIpc) is 2.20. The Morgan fingerprint density at radius 1 is 1.31 bits per heavy atom. The molecule has 1 saturated carbocycles. The maximum Gasteiger partial charge on any atom is 0.321 e. The molecule has 0 unspecified atom stereocenters. The third-order valence-electron chi connectivity index (χ3n) is 2.84. The molecular formula is C10H16N2O. The van der Waals surface area contributed by atoms with Gasteiger partial charge in [0.1, 0.15) is 0 Å². The molecule has 3 nitrogen and oxygen atoms in total. The second kappa shape index (κ2) is 3.81. The van der Waals surface area contributed by atoms with Crippen LogP contribution in [-0.2, 0) is 0 Å². The van der Waals surface area contributed by atoms with Crippen LogP contribution in [0, 0.1) is 0 Å². The van der Waals surface area contributed by atoms with Gasteiger partial charge >= 0.3 is 6.03 Å². The molecule has 1 aliphatic heterocycles. The smallest absolute Gasteiger partial charge is 0.321 e. The lowest BCUT2D eigenvalue weighted by Crippen LogP contribution is -2.46. The van der Waals surface area contributed by atoms with Crippen molar-refractivity contribution in [3.63, 3.8) is 0 Å². The Morgan fingerprint density at radius 2 is 2.08 bits per heavy atom. The van der Waals surface area contributed by atoms with Gasteiger partial charge in [0.2, 0.25) is 0 Å². The van der Waals surface area contributed by atoms with Crippen molar-refractivity contribution in [1.29, 1.82) is 0 Å². The van der Waals surface area contributed by atoms with E-state index >= 15 is 0 Å². The Bertz CT molecular complexity index is 219. The molecule has 2 rings (SSSR count). The SMILES string of the molecule is O=C1NCC=CN1C1CCCCC1. The summed E-state index contributed by atoms with van der Waals surface area (Å²) in [5.74, 6) is 0. The molecule has 1 aliphatic carbocycles. The van der Waals surface area contributed by atoms with Gasteiger partial charge in [-0.3, -0.25) is 4.90 Å². The molecule has 0 saturated heterocycles. The van der Waals surface area contributed by atoms with Crippen molar-refractivity contribution in [2.75, 3.05) is 6.54 Å². The third kappa shape index (κ3) is 1.85. The van der Waals surface area contributed by atoms with Gasteiger partial charge in [-0.25, -0.2) is 4.79 Å². The highest BCUT2D eigenvalue weighted by atomic mass is 16.2. The van der Waals surface area contributed by atoms with Crippen LogP contribution >= 0.6 is 0 Å². The summed E-state index contributed by atoms with van der Waals surface area (Å²) in [5.41, 5.74) is 0. The molecule has 13 heavy (non-hydrogen) atoms. The molecular weight excluding hydrogens is 164 g/mol. The van der Waals surface area contributed by atoms with Crippen LogP contribution in [0.5, 0.6) is 0 Å². The van der Waals surface area contributed by atoms with Gasteiger partial charge < -0.3 is 5.32 Å². The van der Waals surface area contributed by atoms with E-state index in [2.05, 4.69) is 5.32 Å². The van der Waals surface area contributed by atoms with Gasteiger partial charge in [0.25, 0.3) is 0 Å². The molecule has 0 aromatic heterocycles. The first-order valence-electron chi connectivity index (χ1n) is 5.11. The molecule has 3 heteroatoms. The first-order valence-corrected chi connectivity index (χ1v) is 5.11. The second-order valence-corrected chi connectivity index (χ2v) is 3.77. The van der Waals surface area contributed by atoms with Crippen LogP contribution in [0.1, 0.15) is 32.1 Å². The summed E-state index contributed by atoms with van der Waals surface area (Å²) in [6, 6.07) is 0.528. The molecule has 0 spiro atoms. The molecule has 2 aliphatic rings. The zero-order valence-corrected chi connectivity index (χ0v) is 7.83. The van der Waals surface area contributed by atoms with Crippen LogP contribution in [-0.4, -0.2) is 23.5 Å².